The monoisotopic (exact) mass is 345 g/mol. The molecule has 0 fully saturated rings. The maximum atomic E-state index is 12.3. The van der Waals surface area contributed by atoms with Crippen LogP contribution in [-0.2, 0) is 4.79 Å². The number of rotatable bonds is 5. The predicted octanol–water partition coefficient (Wildman–Crippen LogP) is 3.02. The fourth-order valence-corrected chi connectivity index (χ4v) is 2.28. The maximum absolute atomic E-state index is 12.3. The van der Waals surface area contributed by atoms with E-state index in [1.807, 2.05) is 0 Å². The Morgan fingerprint density at radius 1 is 1.29 bits per heavy atom. The van der Waals surface area contributed by atoms with E-state index in [0.29, 0.717) is 16.7 Å². The third-order valence-corrected chi connectivity index (χ3v) is 3.83. The standard InChI is InChI=1S/C16H16ClN5O2/c1-10(19-15(23)11(2)22-9-3-8-18-22)16-20-14(21-24-16)12-4-6-13(17)7-5-12/h3-11H,1-2H3,(H,19,23)/t10-,11-/m0/s1. The Bertz CT molecular complexity index is 813. The molecule has 0 unspecified atom stereocenters. The molecule has 3 aromatic rings. The Balaban J connectivity index is 1.68. The molecule has 1 N–H and O–H groups in total. The highest BCUT2D eigenvalue weighted by Crippen LogP contribution is 2.21. The molecule has 0 radical (unpaired) electrons. The van der Waals surface area contributed by atoms with E-state index in [0.717, 1.165) is 5.56 Å². The van der Waals surface area contributed by atoms with Gasteiger partial charge in [0.25, 0.3) is 0 Å². The van der Waals surface area contributed by atoms with Crippen LogP contribution in [0.25, 0.3) is 11.4 Å². The fourth-order valence-electron chi connectivity index (χ4n) is 2.15. The molecule has 0 aliphatic rings. The second-order valence-corrected chi connectivity index (χ2v) is 5.79. The summed E-state index contributed by atoms with van der Waals surface area (Å²) in [5.74, 6) is 0.598. The topological polar surface area (TPSA) is 85.8 Å². The van der Waals surface area contributed by atoms with Crippen LogP contribution in [0.2, 0.25) is 5.02 Å². The van der Waals surface area contributed by atoms with Crippen molar-refractivity contribution in [3.05, 3.63) is 53.6 Å². The van der Waals surface area contributed by atoms with E-state index >= 15 is 0 Å². The summed E-state index contributed by atoms with van der Waals surface area (Å²) >= 11 is 5.87. The number of nitrogens with one attached hydrogen (secondary N) is 1. The molecule has 0 aliphatic carbocycles. The average molecular weight is 346 g/mol. The van der Waals surface area contributed by atoms with Crippen molar-refractivity contribution in [2.24, 2.45) is 0 Å². The van der Waals surface area contributed by atoms with Gasteiger partial charge in [0, 0.05) is 23.0 Å². The van der Waals surface area contributed by atoms with Crippen LogP contribution in [-0.4, -0.2) is 25.8 Å². The van der Waals surface area contributed by atoms with Crippen molar-refractivity contribution in [2.45, 2.75) is 25.9 Å². The molecule has 2 atom stereocenters. The van der Waals surface area contributed by atoms with Crippen molar-refractivity contribution < 1.29 is 9.32 Å². The summed E-state index contributed by atoms with van der Waals surface area (Å²) in [7, 11) is 0. The maximum Gasteiger partial charge on any atom is 0.249 e. The highest BCUT2D eigenvalue weighted by atomic mass is 35.5. The van der Waals surface area contributed by atoms with Crippen LogP contribution in [0.3, 0.4) is 0 Å². The van der Waals surface area contributed by atoms with E-state index in [-0.39, 0.29) is 5.91 Å². The molecule has 2 aromatic heterocycles. The minimum Gasteiger partial charge on any atom is -0.343 e. The first-order chi connectivity index (χ1) is 11.5. The zero-order valence-corrected chi connectivity index (χ0v) is 13.9. The van der Waals surface area contributed by atoms with Crippen LogP contribution in [0.15, 0.2) is 47.2 Å². The summed E-state index contributed by atoms with van der Waals surface area (Å²) in [5, 5.41) is 11.5. The van der Waals surface area contributed by atoms with Gasteiger partial charge in [0.05, 0.1) is 0 Å². The lowest BCUT2D eigenvalue weighted by atomic mass is 10.2. The SMILES string of the molecule is C[C@H](NC(=O)[C@H](C)n1cccn1)c1nc(-c2ccc(Cl)cc2)no1. The van der Waals surface area contributed by atoms with Crippen LogP contribution >= 0.6 is 11.6 Å². The highest BCUT2D eigenvalue weighted by molar-refractivity contribution is 6.30. The van der Waals surface area contributed by atoms with Gasteiger partial charge in [0.1, 0.15) is 12.1 Å². The largest absolute Gasteiger partial charge is 0.343 e. The zero-order chi connectivity index (χ0) is 17.1. The van der Waals surface area contributed by atoms with Gasteiger partial charge >= 0.3 is 0 Å². The van der Waals surface area contributed by atoms with Crippen LogP contribution in [0.1, 0.15) is 31.8 Å². The summed E-state index contributed by atoms with van der Waals surface area (Å²) < 4.78 is 6.83. The smallest absolute Gasteiger partial charge is 0.249 e. The van der Waals surface area contributed by atoms with Gasteiger partial charge in [-0.15, -0.1) is 0 Å². The van der Waals surface area contributed by atoms with Gasteiger partial charge in [-0.3, -0.25) is 9.48 Å². The van der Waals surface area contributed by atoms with Gasteiger partial charge in [-0.1, -0.05) is 16.8 Å². The molecule has 3 rings (SSSR count). The Kier molecular flexibility index (Phi) is 4.61. The molecule has 0 aliphatic heterocycles. The first-order valence-electron chi connectivity index (χ1n) is 7.43. The number of nitrogens with zero attached hydrogens (tertiary/aromatic N) is 4. The van der Waals surface area contributed by atoms with Gasteiger partial charge in [-0.25, -0.2) is 0 Å². The second-order valence-electron chi connectivity index (χ2n) is 5.36. The third kappa shape index (κ3) is 3.46. The summed E-state index contributed by atoms with van der Waals surface area (Å²) in [6.07, 6.45) is 3.36. The molecule has 0 spiro atoms. The van der Waals surface area contributed by atoms with E-state index in [1.165, 1.54) is 0 Å². The fraction of sp³-hybridized carbons (Fsp3) is 0.250. The van der Waals surface area contributed by atoms with Crippen molar-refractivity contribution in [2.75, 3.05) is 0 Å². The molecule has 24 heavy (non-hydrogen) atoms. The van der Waals surface area contributed by atoms with Gasteiger partial charge < -0.3 is 9.84 Å². The van der Waals surface area contributed by atoms with E-state index < -0.39 is 12.1 Å². The Labute approximate surface area is 143 Å². The number of hydrogen-bond acceptors (Lipinski definition) is 5. The first-order valence-corrected chi connectivity index (χ1v) is 7.81. The molecule has 2 heterocycles. The first kappa shape index (κ1) is 16.2. The Morgan fingerprint density at radius 2 is 2.04 bits per heavy atom. The molecule has 0 saturated carbocycles. The van der Waals surface area contributed by atoms with Crippen molar-refractivity contribution >= 4 is 17.5 Å². The van der Waals surface area contributed by atoms with Crippen LogP contribution < -0.4 is 5.32 Å². The lowest BCUT2D eigenvalue weighted by molar-refractivity contribution is -0.125. The van der Waals surface area contributed by atoms with E-state index in [9.17, 15) is 4.79 Å². The Hall–Kier alpha value is -2.67. The molecule has 1 aromatic carbocycles. The van der Waals surface area contributed by atoms with E-state index in [1.54, 1.807) is 61.3 Å². The summed E-state index contributed by atoms with van der Waals surface area (Å²) in [6.45, 7) is 3.55. The number of amides is 1. The molecule has 7 nitrogen and oxygen atoms in total. The number of benzene rings is 1. The number of aromatic nitrogens is 4. The van der Waals surface area contributed by atoms with Crippen molar-refractivity contribution in [1.82, 2.24) is 25.2 Å². The second kappa shape index (κ2) is 6.84. The minimum atomic E-state index is -0.430. The van der Waals surface area contributed by atoms with Crippen molar-refractivity contribution in [3.8, 4) is 11.4 Å². The lowest BCUT2D eigenvalue weighted by Crippen LogP contribution is -2.33. The third-order valence-electron chi connectivity index (χ3n) is 3.57. The molecule has 0 saturated heterocycles. The number of hydrogen-bond donors (Lipinski definition) is 1. The van der Waals surface area contributed by atoms with E-state index in [2.05, 4.69) is 20.6 Å². The van der Waals surface area contributed by atoms with Gasteiger partial charge in [-0.2, -0.15) is 10.1 Å². The summed E-state index contributed by atoms with van der Waals surface area (Å²) in [5.41, 5.74) is 0.790. The van der Waals surface area contributed by atoms with E-state index in [4.69, 9.17) is 16.1 Å². The van der Waals surface area contributed by atoms with Crippen molar-refractivity contribution in [1.29, 1.82) is 0 Å². The van der Waals surface area contributed by atoms with Crippen LogP contribution in [0.5, 0.6) is 0 Å². The van der Waals surface area contributed by atoms with Gasteiger partial charge in [0.15, 0.2) is 0 Å². The van der Waals surface area contributed by atoms with Gasteiger partial charge in [-0.05, 0) is 44.2 Å². The predicted molar refractivity (Wildman–Crippen MR) is 88.2 cm³/mol. The van der Waals surface area contributed by atoms with Crippen LogP contribution in [0.4, 0.5) is 0 Å². The molecule has 1 amide bonds. The quantitative estimate of drug-likeness (QED) is 0.768. The van der Waals surface area contributed by atoms with Gasteiger partial charge in [0.2, 0.25) is 17.6 Å². The molecule has 8 heteroatoms. The van der Waals surface area contributed by atoms with Crippen LogP contribution in [0, 0.1) is 0 Å². The lowest BCUT2D eigenvalue weighted by Gasteiger charge is -2.15. The summed E-state index contributed by atoms with van der Waals surface area (Å²) in [4.78, 5) is 16.6. The normalized spacial score (nSPS) is 13.5. The molecule has 124 valence electrons. The number of halogens is 1. The Morgan fingerprint density at radius 3 is 2.71 bits per heavy atom. The van der Waals surface area contributed by atoms with Crippen molar-refractivity contribution in [3.63, 3.8) is 0 Å². The molecule has 0 bridgehead atoms. The summed E-state index contributed by atoms with van der Waals surface area (Å²) in [6, 6.07) is 8.04. The zero-order valence-electron chi connectivity index (χ0n) is 13.2. The average Bonchev–Trinajstić information content (AvgIpc) is 3.26. The number of carbonyl (C=O) groups excluding carboxylic acids is 1. The highest BCUT2D eigenvalue weighted by Gasteiger charge is 2.21. The number of carbonyl (C=O) groups is 1. The minimum absolute atomic E-state index is 0.183. The molecular weight excluding hydrogens is 330 g/mol. The molecular formula is C16H16ClN5O2.